The van der Waals surface area contributed by atoms with Crippen molar-refractivity contribution in [1.29, 1.82) is 0 Å². The number of ether oxygens (including phenoxy) is 1. The van der Waals surface area contributed by atoms with E-state index in [9.17, 15) is 14.7 Å². The number of fused-ring (bicyclic) bond motifs is 6. The van der Waals surface area contributed by atoms with Crippen molar-refractivity contribution in [2.24, 2.45) is 34.5 Å². The minimum Gasteiger partial charge on any atom is -0.458 e. The van der Waals surface area contributed by atoms with Crippen LogP contribution in [0.5, 0.6) is 0 Å². The minimum absolute atomic E-state index is 0.0329. The first-order valence-electron chi connectivity index (χ1n) is 11.0. The quantitative estimate of drug-likeness (QED) is 0.549. The van der Waals surface area contributed by atoms with Crippen LogP contribution < -0.4 is 0 Å². The Kier molecular flexibility index (Phi) is 3.86. The molecule has 1 saturated heterocycles. The number of carbonyl (C=O) groups is 2. The van der Waals surface area contributed by atoms with Gasteiger partial charge in [-0.25, -0.2) is 0 Å². The first-order chi connectivity index (χ1) is 13.2. The van der Waals surface area contributed by atoms with E-state index in [1.165, 1.54) is 5.57 Å². The number of carbonyl (C=O) groups excluding carboxylic acids is 2. The first-order valence-corrected chi connectivity index (χ1v) is 11.0. The van der Waals surface area contributed by atoms with Gasteiger partial charge in [-0.3, -0.25) is 9.59 Å². The van der Waals surface area contributed by atoms with E-state index in [0.29, 0.717) is 30.6 Å². The number of aliphatic hydroxyl groups is 1. The van der Waals surface area contributed by atoms with Crippen LogP contribution in [-0.4, -0.2) is 29.1 Å². The Labute approximate surface area is 167 Å². The summed E-state index contributed by atoms with van der Waals surface area (Å²) < 4.78 is 6.10. The van der Waals surface area contributed by atoms with Crippen LogP contribution in [0.25, 0.3) is 0 Å². The molecular weight excluding hydrogens is 352 g/mol. The molecule has 1 N–H and O–H groups in total. The molecule has 5 aliphatic rings. The summed E-state index contributed by atoms with van der Waals surface area (Å²) in [4.78, 5) is 24.2. The van der Waals surface area contributed by atoms with E-state index in [1.807, 2.05) is 6.08 Å². The smallest absolute Gasteiger partial charge is 0.306 e. The lowest BCUT2D eigenvalue weighted by atomic mass is 9.48. The first kappa shape index (κ1) is 18.6. The molecule has 1 spiro atoms. The molecule has 5 rings (SSSR count). The molecule has 0 bridgehead atoms. The maximum atomic E-state index is 12.1. The average Bonchev–Trinajstić information content (AvgIpc) is 3.16. The number of aliphatic hydroxyl groups excluding tert-OH is 1. The molecule has 4 aliphatic carbocycles. The summed E-state index contributed by atoms with van der Waals surface area (Å²) in [6.45, 7) is 7.01. The third kappa shape index (κ3) is 2.10. The lowest BCUT2D eigenvalue weighted by Crippen LogP contribution is -2.53. The van der Waals surface area contributed by atoms with Crippen LogP contribution >= 0.6 is 0 Å². The zero-order valence-electron chi connectivity index (χ0n) is 17.3. The van der Waals surface area contributed by atoms with Gasteiger partial charge in [-0.1, -0.05) is 38.0 Å². The van der Waals surface area contributed by atoms with Crippen molar-refractivity contribution in [1.82, 2.24) is 0 Å². The highest BCUT2D eigenvalue weighted by atomic mass is 16.6. The summed E-state index contributed by atoms with van der Waals surface area (Å²) in [5.41, 5.74) is 2.19. The largest absolute Gasteiger partial charge is 0.458 e. The van der Waals surface area contributed by atoms with Gasteiger partial charge in [-0.2, -0.15) is 0 Å². The summed E-state index contributed by atoms with van der Waals surface area (Å²) in [5.74, 6) is 1.48. The third-order valence-electron chi connectivity index (χ3n) is 9.48. The molecule has 0 radical (unpaired) electrons. The normalized spacial score (nSPS) is 49.9. The molecule has 3 unspecified atom stereocenters. The van der Waals surface area contributed by atoms with Crippen molar-refractivity contribution < 1.29 is 19.4 Å². The molecule has 0 aromatic heterocycles. The summed E-state index contributed by atoms with van der Waals surface area (Å²) >= 11 is 0. The molecule has 0 amide bonds. The van der Waals surface area contributed by atoms with Gasteiger partial charge in [0.2, 0.25) is 0 Å². The highest BCUT2D eigenvalue weighted by Crippen LogP contribution is 2.69. The van der Waals surface area contributed by atoms with Crippen LogP contribution in [0.2, 0.25) is 0 Å². The van der Waals surface area contributed by atoms with Crippen molar-refractivity contribution in [3.63, 3.8) is 0 Å². The van der Waals surface area contributed by atoms with Gasteiger partial charge < -0.3 is 9.84 Å². The molecule has 1 heterocycles. The lowest BCUT2D eigenvalue weighted by molar-refractivity contribution is -0.165. The number of hydrogen-bond acceptors (Lipinski definition) is 4. The van der Waals surface area contributed by atoms with Crippen molar-refractivity contribution in [2.45, 2.75) is 71.3 Å². The van der Waals surface area contributed by atoms with Crippen molar-refractivity contribution in [3.05, 3.63) is 23.3 Å². The summed E-state index contributed by atoms with van der Waals surface area (Å²) in [6.07, 6.45) is 10.1. The van der Waals surface area contributed by atoms with Gasteiger partial charge in [0.05, 0.1) is 0 Å². The van der Waals surface area contributed by atoms with Gasteiger partial charge in [0.1, 0.15) is 5.60 Å². The van der Waals surface area contributed by atoms with E-state index in [2.05, 4.69) is 26.8 Å². The zero-order chi connectivity index (χ0) is 19.9. The highest BCUT2D eigenvalue weighted by Gasteiger charge is 2.68. The van der Waals surface area contributed by atoms with Crippen LogP contribution in [0, 0.1) is 34.5 Å². The molecule has 0 aromatic carbocycles. The maximum absolute atomic E-state index is 12.1. The van der Waals surface area contributed by atoms with Crippen molar-refractivity contribution >= 4 is 11.8 Å². The molecule has 1 aliphatic heterocycles. The van der Waals surface area contributed by atoms with E-state index < -0.39 is 0 Å². The van der Waals surface area contributed by atoms with E-state index in [1.54, 1.807) is 0 Å². The third-order valence-corrected chi connectivity index (χ3v) is 9.48. The molecule has 0 aromatic rings. The number of allylic oxidation sites excluding steroid dienone is 3. The summed E-state index contributed by atoms with van der Waals surface area (Å²) in [6, 6.07) is 0. The summed E-state index contributed by atoms with van der Waals surface area (Å²) in [7, 11) is 0. The van der Waals surface area contributed by atoms with Gasteiger partial charge in [-0.05, 0) is 55.9 Å². The Bertz CT molecular complexity index is 809. The predicted octanol–water partition coefficient (Wildman–Crippen LogP) is 3.98. The topological polar surface area (TPSA) is 63.6 Å². The van der Waals surface area contributed by atoms with Crippen LogP contribution in [0.3, 0.4) is 0 Å². The Morgan fingerprint density at radius 2 is 1.93 bits per heavy atom. The predicted molar refractivity (Wildman–Crippen MR) is 105 cm³/mol. The second-order valence-electron chi connectivity index (χ2n) is 10.5. The number of rotatable bonds is 1. The maximum Gasteiger partial charge on any atom is 0.306 e. The van der Waals surface area contributed by atoms with Crippen molar-refractivity contribution in [2.75, 3.05) is 6.61 Å². The second kappa shape index (κ2) is 5.81. The highest BCUT2D eigenvalue weighted by molar-refractivity contribution is 5.92. The molecule has 7 atom stereocenters. The van der Waals surface area contributed by atoms with Gasteiger partial charge in [0.25, 0.3) is 0 Å². The van der Waals surface area contributed by atoms with Crippen LogP contribution in [0.1, 0.15) is 65.7 Å². The molecule has 28 heavy (non-hydrogen) atoms. The van der Waals surface area contributed by atoms with E-state index in [-0.39, 0.29) is 40.7 Å². The zero-order valence-corrected chi connectivity index (χ0v) is 17.3. The fourth-order valence-corrected chi connectivity index (χ4v) is 8.01. The lowest BCUT2D eigenvalue weighted by Gasteiger charge is -2.56. The Morgan fingerprint density at radius 1 is 1.14 bits per heavy atom. The van der Waals surface area contributed by atoms with Gasteiger partial charge in [0, 0.05) is 36.2 Å². The van der Waals surface area contributed by atoms with Gasteiger partial charge in [0.15, 0.2) is 5.78 Å². The van der Waals surface area contributed by atoms with Crippen LogP contribution in [0.15, 0.2) is 23.3 Å². The standard InChI is InChI=1S/C24H32O4/c1-14-10-20-17-11-15(13-25)19-12-16(26)4-7-22(19,2)18(17)5-8-23(20,3)24(14)9-6-21(27)28-24/h5,12,14-15,17,20,25H,4,6-11,13H2,1-3H3/t14?,15-,17?,20?,22+,23-,24-/m0/s1. The minimum atomic E-state index is -0.328. The van der Waals surface area contributed by atoms with Crippen LogP contribution in [-0.2, 0) is 14.3 Å². The van der Waals surface area contributed by atoms with Gasteiger partial charge in [-0.15, -0.1) is 0 Å². The number of esters is 1. The summed E-state index contributed by atoms with van der Waals surface area (Å²) in [5, 5.41) is 10.2. The monoisotopic (exact) mass is 384 g/mol. The Hall–Kier alpha value is -1.42. The second-order valence-corrected chi connectivity index (χ2v) is 10.5. The molecule has 3 fully saturated rings. The SMILES string of the molecule is CC1CC2C3C[C@@H](CO)C4=CC(=O)CC[C@]4(C)C3=CC[C@]2(C)[C@]12CCC(=O)O2. The number of hydrogen-bond donors (Lipinski definition) is 1. The fourth-order valence-electron chi connectivity index (χ4n) is 8.01. The van der Waals surface area contributed by atoms with Crippen molar-refractivity contribution in [3.8, 4) is 0 Å². The molecule has 152 valence electrons. The molecule has 4 nitrogen and oxygen atoms in total. The molecular formula is C24H32O4. The van der Waals surface area contributed by atoms with Crippen LogP contribution in [0.4, 0.5) is 0 Å². The van der Waals surface area contributed by atoms with Gasteiger partial charge >= 0.3 is 5.97 Å². The molecule has 4 heteroatoms. The van der Waals surface area contributed by atoms with E-state index in [0.717, 1.165) is 37.7 Å². The number of ketones is 1. The fraction of sp³-hybridized carbons (Fsp3) is 0.750. The van der Waals surface area contributed by atoms with E-state index >= 15 is 0 Å². The Balaban J connectivity index is 1.60. The average molecular weight is 385 g/mol. The Morgan fingerprint density at radius 3 is 2.61 bits per heavy atom. The molecule has 2 saturated carbocycles. The van der Waals surface area contributed by atoms with E-state index in [4.69, 9.17) is 4.74 Å².